The van der Waals surface area contributed by atoms with Crippen molar-refractivity contribution in [2.45, 2.75) is 490 Å². The van der Waals surface area contributed by atoms with E-state index in [2.05, 4.69) is 41.5 Å². The number of hydrogen-bond donors (Lipinski definition) is 3. The average molecular weight is 1560 g/mol. The Labute approximate surface area is 658 Å². The highest BCUT2D eigenvalue weighted by Gasteiger charge is 2.30. The van der Waals surface area contributed by atoms with Crippen LogP contribution in [-0.2, 0) is 65.4 Å². The first-order chi connectivity index (χ1) is 51.9. The second-order valence-electron chi connectivity index (χ2n) is 32.6. The number of ether oxygens (including phenoxy) is 4. The fourth-order valence-electron chi connectivity index (χ4n) is 13.8. The van der Waals surface area contributed by atoms with Gasteiger partial charge in [-0.1, -0.05) is 420 Å². The lowest BCUT2D eigenvalue weighted by Crippen LogP contribution is -2.30. The van der Waals surface area contributed by atoms with E-state index in [-0.39, 0.29) is 25.7 Å². The van der Waals surface area contributed by atoms with Gasteiger partial charge in [-0.05, 0) is 37.5 Å². The van der Waals surface area contributed by atoms with Crippen molar-refractivity contribution >= 4 is 39.5 Å². The zero-order chi connectivity index (χ0) is 78.5. The molecule has 0 aliphatic heterocycles. The molecule has 0 rings (SSSR count). The van der Waals surface area contributed by atoms with Crippen molar-refractivity contribution in [2.24, 2.45) is 11.8 Å². The van der Waals surface area contributed by atoms with Gasteiger partial charge in [0.2, 0.25) is 0 Å². The summed E-state index contributed by atoms with van der Waals surface area (Å²) >= 11 is 0. The van der Waals surface area contributed by atoms with Gasteiger partial charge in [0.15, 0.2) is 12.2 Å². The van der Waals surface area contributed by atoms with Gasteiger partial charge >= 0.3 is 39.5 Å². The number of carbonyl (C=O) groups is 4. The van der Waals surface area contributed by atoms with E-state index in [1.54, 1.807) is 0 Å². The SMILES string of the molecule is CCCCCCCCCCCCCCCCCCCCCCCCC(=O)O[C@H](COC(=O)CCCCCCCCCCCCCCCCCCC(C)C)COP(=O)(O)OC[C@@H](O)COP(=O)(O)OC[C@@H](COC(=O)CCCCCCCCCCC(C)C)OC(=O)CCCCCCCCCCCCCCCCC. The Bertz CT molecular complexity index is 2050. The average Bonchev–Trinajstić information content (AvgIpc) is 0.907. The van der Waals surface area contributed by atoms with Gasteiger partial charge in [-0.25, -0.2) is 9.13 Å². The maximum absolute atomic E-state index is 13.2. The van der Waals surface area contributed by atoms with Crippen LogP contribution in [0.15, 0.2) is 0 Å². The van der Waals surface area contributed by atoms with E-state index in [4.69, 9.17) is 37.0 Å². The van der Waals surface area contributed by atoms with Crippen LogP contribution in [0.5, 0.6) is 0 Å². The molecule has 0 aliphatic carbocycles. The number of phosphoric ester groups is 2. The molecule has 107 heavy (non-hydrogen) atoms. The molecule has 0 aromatic carbocycles. The largest absolute Gasteiger partial charge is 0.472 e. The molecule has 5 atom stereocenters. The van der Waals surface area contributed by atoms with Crippen molar-refractivity contribution in [3.05, 3.63) is 0 Å². The van der Waals surface area contributed by atoms with Crippen LogP contribution >= 0.6 is 15.6 Å². The maximum atomic E-state index is 13.2. The number of phosphoric acid groups is 2. The molecule has 0 spiro atoms. The van der Waals surface area contributed by atoms with Gasteiger partial charge < -0.3 is 33.8 Å². The van der Waals surface area contributed by atoms with E-state index in [0.717, 1.165) is 102 Å². The fourth-order valence-corrected chi connectivity index (χ4v) is 15.4. The summed E-state index contributed by atoms with van der Waals surface area (Å²) in [6, 6.07) is 0. The van der Waals surface area contributed by atoms with Crippen molar-refractivity contribution < 1.29 is 80.2 Å². The second-order valence-corrected chi connectivity index (χ2v) is 35.5. The molecule has 0 bridgehead atoms. The fraction of sp³-hybridized carbons (Fsp3) is 0.955. The lowest BCUT2D eigenvalue weighted by molar-refractivity contribution is -0.161. The second kappa shape index (κ2) is 79.3. The van der Waals surface area contributed by atoms with Gasteiger partial charge in [-0.15, -0.1) is 0 Å². The molecule has 0 aliphatic rings. The molecule has 0 saturated carbocycles. The molecule has 636 valence electrons. The lowest BCUT2D eigenvalue weighted by Gasteiger charge is -2.21. The summed E-state index contributed by atoms with van der Waals surface area (Å²) in [6.07, 6.45) is 72.3. The smallest absolute Gasteiger partial charge is 0.462 e. The molecule has 0 radical (unpaired) electrons. The molecular formula is C88H172O17P2. The van der Waals surface area contributed by atoms with Crippen molar-refractivity contribution in [2.75, 3.05) is 39.6 Å². The monoisotopic (exact) mass is 1560 g/mol. The number of esters is 4. The van der Waals surface area contributed by atoms with E-state index in [1.165, 1.54) is 289 Å². The Morgan fingerprint density at radius 2 is 0.430 bits per heavy atom. The Kier molecular flexibility index (Phi) is 77.9. The van der Waals surface area contributed by atoms with Crippen LogP contribution in [-0.4, -0.2) is 96.7 Å². The topological polar surface area (TPSA) is 237 Å². The molecule has 0 fully saturated rings. The number of carbonyl (C=O) groups excluding carboxylic acids is 4. The van der Waals surface area contributed by atoms with Gasteiger partial charge in [-0.3, -0.25) is 37.3 Å². The third kappa shape index (κ3) is 81.9. The summed E-state index contributed by atoms with van der Waals surface area (Å²) < 4.78 is 69.0. The quantitative estimate of drug-likeness (QED) is 0.0222. The van der Waals surface area contributed by atoms with Crippen LogP contribution in [0.1, 0.15) is 472 Å². The summed E-state index contributed by atoms with van der Waals surface area (Å²) in [7, 11) is -9.93. The minimum atomic E-state index is -4.97. The van der Waals surface area contributed by atoms with Crippen LogP contribution < -0.4 is 0 Å². The number of rotatable bonds is 87. The molecule has 0 aromatic rings. The van der Waals surface area contributed by atoms with Crippen LogP contribution in [0.2, 0.25) is 0 Å². The van der Waals surface area contributed by atoms with E-state index < -0.39 is 97.5 Å². The summed E-state index contributed by atoms with van der Waals surface area (Å²) in [6.45, 7) is 9.68. The summed E-state index contributed by atoms with van der Waals surface area (Å²) in [5, 5.41) is 10.7. The zero-order valence-corrected chi connectivity index (χ0v) is 72.2. The molecule has 0 saturated heterocycles. The highest BCUT2D eigenvalue weighted by Crippen LogP contribution is 2.45. The molecular weight excluding hydrogens is 1390 g/mol. The first-order valence-corrected chi connectivity index (χ1v) is 48.5. The molecule has 0 amide bonds. The molecule has 0 aromatic heterocycles. The van der Waals surface area contributed by atoms with E-state index >= 15 is 0 Å². The van der Waals surface area contributed by atoms with Crippen molar-refractivity contribution in [1.82, 2.24) is 0 Å². The Morgan fingerprint density at radius 3 is 0.636 bits per heavy atom. The van der Waals surface area contributed by atoms with E-state index in [0.29, 0.717) is 25.7 Å². The first-order valence-electron chi connectivity index (χ1n) is 45.5. The van der Waals surface area contributed by atoms with Crippen molar-refractivity contribution in [1.29, 1.82) is 0 Å². The third-order valence-electron chi connectivity index (χ3n) is 20.7. The number of aliphatic hydroxyl groups excluding tert-OH is 1. The minimum Gasteiger partial charge on any atom is -0.462 e. The Morgan fingerprint density at radius 1 is 0.252 bits per heavy atom. The molecule has 19 heteroatoms. The maximum Gasteiger partial charge on any atom is 0.472 e. The van der Waals surface area contributed by atoms with Crippen LogP contribution in [0.25, 0.3) is 0 Å². The standard InChI is InChI=1S/C88H172O17P2/c1-7-9-11-13-15-17-19-21-23-24-25-26-27-28-29-35-39-43-47-55-61-67-73-87(92)104-83(76-98-85(90)70-64-58-52-45-41-37-34-31-30-33-36-40-44-50-56-62-68-80(3)4)78-102-106(94,95)100-74-82(89)75-101-107(96,97)103-79-84(77-99-86(91)71-65-59-53-49-48-51-57-63-69-81(5)6)105-88(93)72-66-60-54-46-42-38-32-22-20-18-16-14-12-10-8-2/h80-84,89H,7-79H2,1-6H3,(H,94,95)(H,96,97)/t82-,83-,84-/m1/s1. The number of unbranched alkanes of at least 4 members (excludes halogenated alkanes) is 57. The van der Waals surface area contributed by atoms with Gasteiger partial charge in [0.25, 0.3) is 0 Å². The predicted octanol–water partition coefficient (Wildman–Crippen LogP) is 27.0. The summed E-state index contributed by atoms with van der Waals surface area (Å²) in [5.74, 6) is -0.561. The Hall–Kier alpha value is -1.94. The zero-order valence-electron chi connectivity index (χ0n) is 70.5. The summed E-state index contributed by atoms with van der Waals surface area (Å²) in [4.78, 5) is 73.3. The van der Waals surface area contributed by atoms with Crippen molar-refractivity contribution in [3.8, 4) is 0 Å². The third-order valence-corrected chi connectivity index (χ3v) is 22.6. The Balaban J connectivity index is 5.23. The van der Waals surface area contributed by atoms with Gasteiger partial charge in [0.1, 0.15) is 19.3 Å². The highest BCUT2D eigenvalue weighted by atomic mass is 31.2. The number of aliphatic hydroxyl groups is 1. The van der Waals surface area contributed by atoms with Crippen molar-refractivity contribution in [3.63, 3.8) is 0 Å². The van der Waals surface area contributed by atoms with Gasteiger partial charge in [0, 0.05) is 25.7 Å². The number of hydrogen-bond acceptors (Lipinski definition) is 15. The predicted molar refractivity (Wildman–Crippen MR) is 442 cm³/mol. The minimum absolute atomic E-state index is 0.108. The normalized spacial score (nSPS) is 13.8. The van der Waals surface area contributed by atoms with Crippen LogP contribution in [0.3, 0.4) is 0 Å². The molecule has 3 N–H and O–H groups in total. The summed E-state index contributed by atoms with van der Waals surface area (Å²) in [5.41, 5.74) is 0. The molecule has 2 unspecified atom stereocenters. The van der Waals surface area contributed by atoms with E-state index in [9.17, 15) is 43.2 Å². The van der Waals surface area contributed by atoms with Gasteiger partial charge in [0.05, 0.1) is 26.4 Å². The highest BCUT2D eigenvalue weighted by molar-refractivity contribution is 7.47. The molecule has 17 nitrogen and oxygen atoms in total. The van der Waals surface area contributed by atoms with E-state index in [1.807, 2.05) is 0 Å². The molecule has 0 heterocycles. The van der Waals surface area contributed by atoms with Crippen LogP contribution in [0.4, 0.5) is 0 Å². The van der Waals surface area contributed by atoms with Crippen LogP contribution in [0, 0.1) is 11.8 Å². The lowest BCUT2D eigenvalue weighted by atomic mass is 10.0. The van der Waals surface area contributed by atoms with Gasteiger partial charge in [-0.2, -0.15) is 0 Å². The first kappa shape index (κ1) is 105.